The molecule has 1 aliphatic rings. The Morgan fingerprint density at radius 3 is 2.96 bits per heavy atom. The second-order valence-corrected chi connectivity index (χ2v) is 9.00. The molecule has 3 nitrogen and oxygen atoms in total. The topological polar surface area (TPSA) is 35.5 Å². The molecule has 0 aliphatic carbocycles. The zero-order valence-electron chi connectivity index (χ0n) is 14.1. The van der Waals surface area contributed by atoms with Crippen LogP contribution in [-0.2, 0) is 0 Å². The van der Waals surface area contributed by atoms with Crippen molar-refractivity contribution < 1.29 is 5.11 Å². The van der Waals surface area contributed by atoms with Crippen molar-refractivity contribution in [2.75, 3.05) is 25.3 Å². The van der Waals surface area contributed by atoms with Crippen molar-refractivity contribution in [1.82, 2.24) is 9.99 Å². The first kappa shape index (κ1) is 19.0. The summed E-state index contributed by atoms with van der Waals surface area (Å²) in [5, 5.41) is 14.0. The van der Waals surface area contributed by atoms with Crippen LogP contribution in [-0.4, -0.2) is 35.0 Å². The van der Waals surface area contributed by atoms with Gasteiger partial charge in [-0.3, -0.25) is 4.67 Å². The first-order chi connectivity index (χ1) is 12.2. The number of benzene rings is 2. The Labute approximate surface area is 161 Å². The van der Waals surface area contributed by atoms with Crippen LogP contribution in [0.25, 0.3) is 0 Å². The van der Waals surface area contributed by atoms with Gasteiger partial charge in [-0.15, -0.1) is 11.8 Å². The molecular weight excluding hydrogens is 371 g/mol. The van der Waals surface area contributed by atoms with Gasteiger partial charge in [-0.25, -0.2) is 0 Å². The van der Waals surface area contributed by atoms with Crippen LogP contribution in [0.2, 0.25) is 5.02 Å². The number of piperidine rings is 1. The highest BCUT2D eigenvalue weighted by Gasteiger charge is 2.21. The minimum Gasteiger partial charge on any atom is -0.508 e. The van der Waals surface area contributed by atoms with Crippen LogP contribution in [0.4, 0.5) is 0 Å². The van der Waals surface area contributed by atoms with Crippen molar-refractivity contribution >= 4 is 32.1 Å². The van der Waals surface area contributed by atoms with Gasteiger partial charge in [-0.2, -0.15) is 0 Å². The second kappa shape index (κ2) is 9.80. The van der Waals surface area contributed by atoms with Crippen LogP contribution >= 0.6 is 32.1 Å². The maximum absolute atomic E-state index is 9.69. The van der Waals surface area contributed by atoms with Crippen LogP contribution in [0.15, 0.2) is 53.4 Å². The molecule has 0 spiro atoms. The molecule has 134 valence electrons. The lowest BCUT2D eigenvalue weighted by Crippen LogP contribution is -2.29. The average Bonchev–Trinajstić information content (AvgIpc) is 2.62. The maximum atomic E-state index is 9.69. The lowest BCUT2D eigenvalue weighted by molar-refractivity contribution is 0.336. The van der Waals surface area contributed by atoms with Crippen molar-refractivity contribution in [3.05, 3.63) is 59.1 Å². The van der Waals surface area contributed by atoms with E-state index in [2.05, 4.69) is 22.1 Å². The van der Waals surface area contributed by atoms with E-state index in [4.69, 9.17) is 11.6 Å². The molecule has 0 radical (unpaired) electrons. The highest BCUT2D eigenvalue weighted by molar-refractivity contribution is 7.99. The van der Waals surface area contributed by atoms with E-state index in [0.29, 0.717) is 11.7 Å². The number of hydrogen-bond acceptors (Lipinski definition) is 4. The fraction of sp³-hybridized carbons (Fsp3) is 0.368. The van der Waals surface area contributed by atoms with Crippen LogP contribution in [0.1, 0.15) is 24.3 Å². The van der Waals surface area contributed by atoms with Gasteiger partial charge >= 0.3 is 0 Å². The number of hydrogen-bond donors (Lipinski definition) is 2. The largest absolute Gasteiger partial charge is 0.508 e. The number of aromatic hydroxyl groups is 1. The van der Waals surface area contributed by atoms with Crippen LogP contribution in [0, 0.1) is 0 Å². The Morgan fingerprint density at radius 2 is 2.12 bits per heavy atom. The molecule has 2 N–H and O–H groups in total. The Kier molecular flexibility index (Phi) is 7.45. The van der Waals surface area contributed by atoms with E-state index in [1.54, 1.807) is 17.8 Å². The maximum Gasteiger partial charge on any atom is 0.115 e. The van der Waals surface area contributed by atoms with Crippen molar-refractivity contribution in [2.45, 2.75) is 23.7 Å². The minimum atomic E-state index is 0.372. The summed E-state index contributed by atoms with van der Waals surface area (Å²) < 4.78 is 2.55. The molecule has 1 fully saturated rings. The molecule has 0 saturated carbocycles. The quantitative estimate of drug-likeness (QED) is 0.296. The van der Waals surface area contributed by atoms with Gasteiger partial charge in [0.1, 0.15) is 5.75 Å². The lowest BCUT2D eigenvalue weighted by atomic mass is 9.91. The molecule has 1 aliphatic heterocycles. The second-order valence-electron chi connectivity index (χ2n) is 6.21. The van der Waals surface area contributed by atoms with Crippen LogP contribution < -0.4 is 5.32 Å². The summed E-state index contributed by atoms with van der Waals surface area (Å²) in [4.78, 5) is 1.20. The standard InChI is InChI=1S/C19H24ClN2OPS/c20-17-6-2-8-19(11-17)25-14-21-13-24-22-9-3-5-16(12-22)15-4-1-7-18(23)10-15/h1-2,4,6-8,10-11,16,21,23-24H,3,5,9,12-14H2. The third-order valence-electron chi connectivity index (χ3n) is 4.33. The minimum absolute atomic E-state index is 0.372. The molecule has 6 heteroatoms. The molecule has 25 heavy (non-hydrogen) atoms. The molecule has 2 atom stereocenters. The molecule has 1 heterocycles. The summed E-state index contributed by atoms with van der Waals surface area (Å²) in [5.41, 5.74) is 1.26. The summed E-state index contributed by atoms with van der Waals surface area (Å²) in [6, 6.07) is 15.7. The SMILES string of the molecule is Oc1cccc(C2CCCN(PCNCSc3cccc(Cl)c3)C2)c1. The van der Waals surface area contributed by atoms with E-state index in [1.165, 1.54) is 29.8 Å². The smallest absolute Gasteiger partial charge is 0.115 e. The van der Waals surface area contributed by atoms with Crippen molar-refractivity contribution in [3.63, 3.8) is 0 Å². The molecule has 0 bridgehead atoms. The van der Waals surface area contributed by atoms with E-state index in [1.807, 2.05) is 30.3 Å². The number of halogens is 1. The molecule has 0 aromatic heterocycles. The molecule has 0 amide bonds. The molecule has 2 unspecified atom stereocenters. The normalized spacial score (nSPS) is 18.8. The first-order valence-electron chi connectivity index (χ1n) is 8.57. The van der Waals surface area contributed by atoms with E-state index < -0.39 is 0 Å². The van der Waals surface area contributed by atoms with Gasteiger partial charge in [0.2, 0.25) is 0 Å². The predicted molar refractivity (Wildman–Crippen MR) is 110 cm³/mol. The van der Waals surface area contributed by atoms with Gasteiger partial charge in [-0.05, 0) is 63.4 Å². The molecule has 3 rings (SSSR count). The average molecular weight is 395 g/mol. The Morgan fingerprint density at radius 1 is 1.24 bits per heavy atom. The van der Waals surface area contributed by atoms with E-state index in [-0.39, 0.29) is 0 Å². The number of thioether (sulfide) groups is 1. The van der Waals surface area contributed by atoms with E-state index in [0.717, 1.165) is 32.5 Å². The Hall–Kier alpha value is -0.770. The lowest BCUT2D eigenvalue weighted by Gasteiger charge is -2.32. The Bertz CT molecular complexity index is 688. The first-order valence-corrected chi connectivity index (χ1v) is 11.1. The van der Waals surface area contributed by atoms with Gasteiger partial charge in [0.25, 0.3) is 0 Å². The van der Waals surface area contributed by atoms with Gasteiger partial charge in [-0.1, -0.05) is 29.8 Å². The fourth-order valence-corrected chi connectivity index (χ4v) is 5.40. The molecule has 2 aromatic rings. The highest BCUT2D eigenvalue weighted by Crippen LogP contribution is 2.33. The molecule has 2 aromatic carbocycles. The van der Waals surface area contributed by atoms with E-state index >= 15 is 0 Å². The monoisotopic (exact) mass is 394 g/mol. The van der Waals surface area contributed by atoms with Gasteiger partial charge in [0.05, 0.1) is 0 Å². The fourth-order valence-electron chi connectivity index (χ4n) is 3.08. The number of nitrogens with one attached hydrogen (secondary N) is 1. The summed E-state index contributed by atoms with van der Waals surface area (Å²) >= 11 is 7.79. The summed E-state index contributed by atoms with van der Waals surface area (Å²) in [6.45, 7) is 2.27. The zero-order valence-corrected chi connectivity index (χ0v) is 16.7. The summed E-state index contributed by atoms with van der Waals surface area (Å²) in [6.07, 6.45) is 3.45. The number of nitrogens with zero attached hydrogens (tertiary/aromatic N) is 1. The Balaban J connectivity index is 1.38. The predicted octanol–water partition coefficient (Wildman–Crippen LogP) is 5.12. The number of phenols is 1. The van der Waals surface area contributed by atoms with Crippen LogP contribution in [0.3, 0.4) is 0 Å². The molecule has 1 saturated heterocycles. The van der Waals surface area contributed by atoms with Crippen LogP contribution in [0.5, 0.6) is 5.75 Å². The van der Waals surface area contributed by atoms with Gasteiger partial charge < -0.3 is 10.4 Å². The van der Waals surface area contributed by atoms with Crippen molar-refractivity contribution in [3.8, 4) is 5.75 Å². The summed E-state index contributed by atoms with van der Waals surface area (Å²) in [7, 11) is 0.795. The van der Waals surface area contributed by atoms with Gasteiger partial charge in [0, 0.05) is 35.2 Å². The molecular formula is C19H24ClN2OPS. The van der Waals surface area contributed by atoms with Gasteiger partial charge in [0.15, 0.2) is 0 Å². The third kappa shape index (κ3) is 6.16. The number of phenolic OH excluding ortho intramolecular Hbond substituents is 1. The third-order valence-corrected chi connectivity index (χ3v) is 6.76. The van der Waals surface area contributed by atoms with E-state index in [9.17, 15) is 5.11 Å². The zero-order chi connectivity index (χ0) is 17.5. The summed E-state index contributed by atoms with van der Waals surface area (Å²) in [5.74, 6) is 1.81. The van der Waals surface area contributed by atoms with Crippen molar-refractivity contribution in [2.24, 2.45) is 0 Å². The van der Waals surface area contributed by atoms with Crippen molar-refractivity contribution in [1.29, 1.82) is 0 Å². The highest BCUT2D eigenvalue weighted by atomic mass is 35.5. The number of rotatable bonds is 7.